The maximum absolute atomic E-state index is 5.92. The highest BCUT2D eigenvalue weighted by molar-refractivity contribution is 5.35. The number of hydrogen-bond donors (Lipinski definition) is 1. The molecule has 0 saturated heterocycles. The van der Waals surface area contributed by atoms with Crippen LogP contribution in [-0.2, 0) is 0 Å². The van der Waals surface area contributed by atoms with Crippen molar-refractivity contribution in [2.45, 2.75) is 51.5 Å². The van der Waals surface area contributed by atoms with E-state index < -0.39 is 0 Å². The number of rotatable bonds is 8. The zero-order valence-corrected chi connectivity index (χ0v) is 11.6. The van der Waals surface area contributed by atoms with E-state index in [4.69, 9.17) is 4.74 Å². The monoisotopic (exact) mass is 247 g/mol. The second kappa shape index (κ2) is 6.79. The molecule has 1 aromatic rings. The molecule has 1 aromatic carbocycles. The first kappa shape index (κ1) is 13.4. The molecule has 0 aromatic heterocycles. The van der Waals surface area contributed by atoms with Gasteiger partial charge in [-0.15, -0.1) is 0 Å². The van der Waals surface area contributed by atoms with Crippen LogP contribution >= 0.6 is 0 Å². The third-order valence-corrected chi connectivity index (χ3v) is 3.65. The summed E-state index contributed by atoms with van der Waals surface area (Å²) in [6.07, 6.45) is 4.96. The van der Waals surface area contributed by atoms with Gasteiger partial charge >= 0.3 is 0 Å². The summed E-state index contributed by atoms with van der Waals surface area (Å²) in [5.41, 5.74) is 1.34. The Bertz CT molecular complexity index is 360. The number of ether oxygens (including phenoxy) is 1. The van der Waals surface area contributed by atoms with E-state index >= 15 is 0 Å². The Balaban J connectivity index is 1.76. The second-order valence-electron chi connectivity index (χ2n) is 5.28. The molecule has 2 rings (SSSR count). The number of benzene rings is 1. The van der Waals surface area contributed by atoms with Crippen molar-refractivity contribution in [1.82, 2.24) is 5.32 Å². The molecule has 2 nitrogen and oxygen atoms in total. The predicted octanol–water partition coefficient (Wildman–Crippen LogP) is 3.72. The molecular weight excluding hydrogens is 222 g/mol. The average Bonchev–Trinajstić information content (AvgIpc) is 3.22. The summed E-state index contributed by atoms with van der Waals surface area (Å²) in [5, 5.41) is 3.51. The van der Waals surface area contributed by atoms with Crippen LogP contribution in [-0.4, -0.2) is 19.2 Å². The Morgan fingerprint density at radius 2 is 2.11 bits per heavy atom. The van der Waals surface area contributed by atoms with Crippen molar-refractivity contribution in [3.8, 4) is 5.75 Å². The van der Waals surface area contributed by atoms with Crippen LogP contribution in [0.3, 0.4) is 0 Å². The van der Waals surface area contributed by atoms with Crippen molar-refractivity contribution in [2.75, 3.05) is 13.2 Å². The molecule has 1 fully saturated rings. The largest absolute Gasteiger partial charge is 0.493 e. The van der Waals surface area contributed by atoms with Gasteiger partial charge in [0.05, 0.1) is 6.61 Å². The van der Waals surface area contributed by atoms with Crippen LogP contribution in [0.4, 0.5) is 0 Å². The first-order valence-electron chi connectivity index (χ1n) is 7.26. The molecule has 0 heterocycles. The molecule has 0 amide bonds. The standard InChI is InChI=1S/C16H25NO/c1-3-13(2)15-7-4-5-8-16(15)18-12-6-11-17-14-9-10-14/h4-5,7-8,13-14,17H,3,6,9-12H2,1-2H3. The molecule has 1 aliphatic rings. The van der Waals surface area contributed by atoms with Crippen LogP contribution in [0.5, 0.6) is 5.75 Å². The Morgan fingerprint density at radius 3 is 2.83 bits per heavy atom. The van der Waals surface area contributed by atoms with Gasteiger partial charge in [-0.3, -0.25) is 0 Å². The van der Waals surface area contributed by atoms with Gasteiger partial charge in [0.1, 0.15) is 5.75 Å². The maximum Gasteiger partial charge on any atom is 0.122 e. The van der Waals surface area contributed by atoms with Gasteiger partial charge in [0.15, 0.2) is 0 Å². The van der Waals surface area contributed by atoms with Crippen LogP contribution in [0.1, 0.15) is 51.0 Å². The van der Waals surface area contributed by atoms with Crippen molar-refractivity contribution in [3.63, 3.8) is 0 Å². The molecule has 0 aliphatic heterocycles. The van der Waals surface area contributed by atoms with E-state index in [0.717, 1.165) is 37.8 Å². The summed E-state index contributed by atoms with van der Waals surface area (Å²) in [6, 6.07) is 9.24. The molecule has 1 atom stereocenters. The minimum absolute atomic E-state index is 0.575. The van der Waals surface area contributed by atoms with Gasteiger partial charge in [-0.05, 0) is 49.8 Å². The van der Waals surface area contributed by atoms with Gasteiger partial charge < -0.3 is 10.1 Å². The number of hydrogen-bond acceptors (Lipinski definition) is 2. The van der Waals surface area contributed by atoms with E-state index in [1.54, 1.807) is 0 Å². The van der Waals surface area contributed by atoms with Crippen molar-refractivity contribution >= 4 is 0 Å². The molecule has 2 heteroatoms. The summed E-state index contributed by atoms with van der Waals surface area (Å²) in [5.74, 6) is 1.64. The molecule has 0 radical (unpaired) electrons. The quantitative estimate of drug-likeness (QED) is 0.707. The summed E-state index contributed by atoms with van der Waals surface area (Å²) >= 11 is 0. The SMILES string of the molecule is CCC(C)c1ccccc1OCCCNC1CC1. The summed E-state index contributed by atoms with van der Waals surface area (Å²) in [6.45, 7) is 6.38. The first-order valence-corrected chi connectivity index (χ1v) is 7.26. The van der Waals surface area contributed by atoms with Gasteiger partial charge in [0.2, 0.25) is 0 Å². The number of nitrogens with one attached hydrogen (secondary N) is 1. The molecular formula is C16H25NO. The minimum atomic E-state index is 0.575. The van der Waals surface area contributed by atoms with Crippen LogP contribution in [0.15, 0.2) is 24.3 Å². The highest BCUT2D eigenvalue weighted by Gasteiger charge is 2.19. The van der Waals surface area contributed by atoms with Crippen LogP contribution in [0, 0.1) is 0 Å². The van der Waals surface area contributed by atoms with Gasteiger partial charge in [0.25, 0.3) is 0 Å². The number of para-hydroxylation sites is 1. The predicted molar refractivity (Wildman–Crippen MR) is 76.3 cm³/mol. The molecule has 18 heavy (non-hydrogen) atoms. The van der Waals surface area contributed by atoms with E-state index in [2.05, 4.69) is 43.4 Å². The van der Waals surface area contributed by atoms with E-state index in [0.29, 0.717) is 5.92 Å². The van der Waals surface area contributed by atoms with Gasteiger partial charge in [0, 0.05) is 6.04 Å². The average molecular weight is 247 g/mol. The third-order valence-electron chi connectivity index (χ3n) is 3.65. The van der Waals surface area contributed by atoms with Gasteiger partial charge in [-0.2, -0.15) is 0 Å². The van der Waals surface area contributed by atoms with Gasteiger partial charge in [-0.25, -0.2) is 0 Å². The Labute approximate surface area is 111 Å². The Hall–Kier alpha value is -1.02. The van der Waals surface area contributed by atoms with Crippen LogP contribution in [0.2, 0.25) is 0 Å². The lowest BCUT2D eigenvalue weighted by atomic mass is 9.98. The normalized spacial score (nSPS) is 16.6. The molecule has 1 N–H and O–H groups in total. The topological polar surface area (TPSA) is 21.3 Å². The molecule has 1 saturated carbocycles. The van der Waals surface area contributed by atoms with Gasteiger partial charge in [-0.1, -0.05) is 32.0 Å². The fraction of sp³-hybridized carbons (Fsp3) is 0.625. The Morgan fingerprint density at radius 1 is 1.33 bits per heavy atom. The van der Waals surface area contributed by atoms with E-state index in [-0.39, 0.29) is 0 Å². The highest BCUT2D eigenvalue weighted by Crippen LogP contribution is 2.28. The first-order chi connectivity index (χ1) is 8.81. The fourth-order valence-electron chi connectivity index (χ4n) is 2.09. The molecule has 0 bridgehead atoms. The van der Waals surface area contributed by atoms with E-state index in [1.807, 2.05) is 0 Å². The second-order valence-corrected chi connectivity index (χ2v) is 5.28. The molecule has 1 unspecified atom stereocenters. The highest BCUT2D eigenvalue weighted by atomic mass is 16.5. The maximum atomic E-state index is 5.92. The minimum Gasteiger partial charge on any atom is -0.493 e. The van der Waals surface area contributed by atoms with E-state index in [9.17, 15) is 0 Å². The van der Waals surface area contributed by atoms with Crippen molar-refractivity contribution < 1.29 is 4.74 Å². The summed E-state index contributed by atoms with van der Waals surface area (Å²) in [7, 11) is 0. The zero-order chi connectivity index (χ0) is 12.8. The zero-order valence-electron chi connectivity index (χ0n) is 11.6. The molecule has 100 valence electrons. The van der Waals surface area contributed by atoms with Crippen LogP contribution < -0.4 is 10.1 Å². The smallest absolute Gasteiger partial charge is 0.122 e. The lowest BCUT2D eigenvalue weighted by molar-refractivity contribution is 0.303. The van der Waals surface area contributed by atoms with Crippen LogP contribution in [0.25, 0.3) is 0 Å². The molecule has 0 spiro atoms. The Kier molecular flexibility index (Phi) is 5.06. The van der Waals surface area contributed by atoms with Crippen molar-refractivity contribution in [3.05, 3.63) is 29.8 Å². The fourth-order valence-corrected chi connectivity index (χ4v) is 2.09. The third kappa shape index (κ3) is 4.02. The summed E-state index contributed by atoms with van der Waals surface area (Å²) < 4.78 is 5.92. The van der Waals surface area contributed by atoms with Crippen molar-refractivity contribution in [1.29, 1.82) is 0 Å². The van der Waals surface area contributed by atoms with Crippen molar-refractivity contribution in [2.24, 2.45) is 0 Å². The van der Waals surface area contributed by atoms with E-state index in [1.165, 1.54) is 18.4 Å². The lowest BCUT2D eigenvalue weighted by Crippen LogP contribution is -2.19. The molecule has 1 aliphatic carbocycles. The summed E-state index contributed by atoms with van der Waals surface area (Å²) in [4.78, 5) is 0. The lowest BCUT2D eigenvalue weighted by Gasteiger charge is -2.15.